The smallest absolute Gasteiger partial charge is 0.252 e. The maximum Gasteiger partial charge on any atom is 0.252 e. The average Bonchev–Trinajstić information content (AvgIpc) is 3.55. The van der Waals surface area contributed by atoms with Crippen molar-refractivity contribution in [2.45, 2.75) is 46.1 Å². The molecule has 0 bridgehead atoms. The van der Waals surface area contributed by atoms with Crippen LogP contribution in [0.3, 0.4) is 0 Å². The molecule has 1 saturated heterocycles. The maximum absolute atomic E-state index is 13.6. The Bertz CT molecular complexity index is 1710. The number of nitrogens with zero attached hydrogens (tertiary/aromatic N) is 7. The predicted molar refractivity (Wildman–Crippen MR) is 145 cm³/mol. The molecule has 1 aliphatic heterocycles. The van der Waals surface area contributed by atoms with E-state index < -0.39 is 18.4 Å². The standard InChI is InChI=1S/C27H32N8O3/c1-16(2)34-14-19(13-30-34)20-12-21(35-24(20)25(28)29-15-31-35)18-7-8-23(38-6)22(11-18)32-9-10-33(17(3)36)27(4,5)26(32)37/h7-8,11-16H,9-10H2,1-6H3,(H2,28,29,31)/i1D3,16D. The summed E-state index contributed by atoms with van der Waals surface area (Å²) in [5.41, 5.74) is 8.65. The zero-order chi connectivity index (χ0) is 30.8. The van der Waals surface area contributed by atoms with Gasteiger partial charge in [-0.15, -0.1) is 0 Å². The van der Waals surface area contributed by atoms with Crippen molar-refractivity contribution in [1.82, 2.24) is 29.3 Å². The predicted octanol–water partition coefficient (Wildman–Crippen LogP) is 3.41. The van der Waals surface area contributed by atoms with Gasteiger partial charge in [-0.1, -0.05) is 0 Å². The summed E-state index contributed by atoms with van der Waals surface area (Å²) in [5, 5.41) is 8.60. The molecule has 0 aliphatic carbocycles. The van der Waals surface area contributed by atoms with Gasteiger partial charge in [-0.2, -0.15) is 10.2 Å². The molecule has 198 valence electrons. The van der Waals surface area contributed by atoms with Crippen LogP contribution in [0.15, 0.2) is 43.0 Å². The van der Waals surface area contributed by atoms with E-state index in [0.29, 0.717) is 45.9 Å². The van der Waals surface area contributed by atoms with Crippen molar-refractivity contribution < 1.29 is 19.8 Å². The van der Waals surface area contributed by atoms with Gasteiger partial charge in [-0.05, 0) is 51.9 Å². The molecule has 38 heavy (non-hydrogen) atoms. The van der Waals surface area contributed by atoms with Gasteiger partial charge in [0.25, 0.3) is 5.91 Å². The normalized spacial score (nSPS) is 18.9. The van der Waals surface area contributed by atoms with Crippen LogP contribution in [0.5, 0.6) is 5.75 Å². The summed E-state index contributed by atoms with van der Waals surface area (Å²) in [6, 6.07) is 5.23. The third kappa shape index (κ3) is 3.94. The van der Waals surface area contributed by atoms with Gasteiger partial charge in [0.15, 0.2) is 5.82 Å². The van der Waals surface area contributed by atoms with Crippen molar-refractivity contribution in [1.29, 1.82) is 0 Å². The average molecular weight is 521 g/mol. The number of rotatable bonds is 5. The SMILES string of the molecule is [2H]C([2H])([2H])C([2H])(C)n1cc(-c2cc(-c3ccc(OC)c(N4CCN(C(C)=O)C(C)(C)C4=O)c3)n3ncnc(N)c23)cn1. The number of aromatic nitrogens is 5. The van der Waals surface area contributed by atoms with Crippen LogP contribution in [0.4, 0.5) is 11.5 Å². The van der Waals surface area contributed by atoms with E-state index >= 15 is 0 Å². The van der Waals surface area contributed by atoms with Gasteiger partial charge in [-0.25, -0.2) is 9.50 Å². The molecule has 0 saturated carbocycles. The lowest BCUT2D eigenvalue weighted by atomic mass is 9.96. The molecule has 11 heteroatoms. The number of fused-ring (bicyclic) bond motifs is 1. The van der Waals surface area contributed by atoms with Crippen LogP contribution in [0.1, 0.15) is 46.0 Å². The third-order valence-corrected chi connectivity index (χ3v) is 6.96. The van der Waals surface area contributed by atoms with Crippen molar-refractivity contribution >= 4 is 28.8 Å². The summed E-state index contributed by atoms with van der Waals surface area (Å²) in [4.78, 5) is 33.2. The van der Waals surface area contributed by atoms with Gasteiger partial charge < -0.3 is 20.3 Å². The molecule has 2 N–H and O–H groups in total. The van der Waals surface area contributed by atoms with Gasteiger partial charge in [0.2, 0.25) is 5.91 Å². The zero-order valence-electron chi connectivity index (χ0n) is 25.9. The van der Waals surface area contributed by atoms with E-state index in [-0.39, 0.29) is 24.2 Å². The minimum Gasteiger partial charge on any atom is -0.495 e. The fraction of sp³-hybridized carbons (Fsp3) is 0.370. The number of hydrogen-bond donors (Lipinski definition) is 1. The Morgan fingerprint density at radius 1 is 1.24 bits per heavy atom. The second-order valence-corrected chi connectivity index (χ2v) is 9.68. The quantitative estimate of drug-likeness (QED) is 0.428. The van der Waals surface area contributed by atoms with Crippen LogP contribution in [-0.2, 0) is 9.59 Å². The Kier molecular flexibility index (Phi) is 4.97. The number of anilines is 2. The highest BCUT2D eigenvalue weighted by atomic mass is 16.5. The van der Waals surface area contributed by atoms with Crippen LogP contribution >= 0.6 is 0 Å². The van der Waals surface area contributed by atoms with E-state index in [1.165, 1.54) is 39.7 Å². The zero-order valence-corrected chi connectivity index (χ0v) is 21.9. The number of nitrogens with two attached hydrogens (primary N) is 1. The molecule has 1 aliphatic rings. The summed E-state index contributed by atoms with van der Waals surface area (Å²) in [5.74, 6) is 0.252. The first kappa shape index (κ1) is 20.6. The highest BCUT2D eigenvalue weighted by molar-refractivity contribution is 6.04. The minimum absolute atomic E-state index is 0.175. The number of carbonyl (C=O) groups is 2. The summed E-state index contributed by atoms with van der Waals surface area (Å²) in [7, 11) is 1.52. The van der Waals surface area contributed by atoms with E-state index in [4.69, 9.17) is 16.0 Å². The summed E-state index contributed by atoms with van der Waals surface area (Å²) in [6.45, 7) is 4.19. The van der Waals surface area contributed by atoms with Gasteiger partial charge in [0.05, 0.1) is 26.1 Å². The first-order valence-corrected chi connectivity index (χ1v) is 12.1. The second kappa shape index (κ2) is 9.16. The molecule has 4 heterocycles. The lowest BCUT2D eigenvalue weighted by molar-refractivity contribution is -0.145. The number of benzene rings is 1. The van der Waals surface area contributed by atoms with Crippen LogP contribution in [0.25, 0.3) is 27.9 Å². The lowest BCUT2D eigenvalue weighted by Gasteiger charge is -2.45. The first-order valence-electron chi connectivity index (χ1n) is 14.1. The number of methoxy groups -OCH3 is 1. The molecule has 1 fully saturated rings. The van der Waals surface area contributed by atoms with E-state index in [0.717, 1.165) is 4.68 Å². The lowest BCUT2D eigenvalue weighted by Crippen LogP contribution is -2.64. The second-order valence-electron chi connectivity index (χ2n) is 9.68. The Morgan fingerprint density at radius 2 is 2.03 bits per heavy atom. The van der Waals surface area contributed by atoms with Crippen molar-refractivity contribution in [3.05, 3.63) is 43.0 Å². The van der Waals surface area contributed by atoms with Crippen LogP contribution in [-0.4, -0.2) is 66.8 Å². The van der Waals surface area contributed by atoms with Crippen molar-refractivity contribution in [3.63, 3.8) is 0 Å². The summed E-state index contributed by atoms with van der Waals surface area (Å²) < 4.78 is 40.0. The molecule has 1 unspecified atom stereocenters. The number of piperazine rings is 1. The topological polar surface area (TPSA) is 124 Å². The molecule has 2 amide bonds. The number of amides is 2. The Labute approximate surface area is 226 Å². The Hall–Kier alpha value is -4.41. The summed E-state index contributed by atoms with van der Waals surface area (Å²) >= 11 is 0. The number of carbonyl (C=O) groups excluding carboxylic acids is 2. The van der Waals surface area contributed by atoms with Crippen LogP contribution < -0.4 is 15.4 Å². The Morgan fingerprint density at radius 3 is 2.74 bits per heavy atom. The Balaban J connectivity index is 1.64. The van der Waals surface area contributed by atoms with Gasteiger partial charge in [0.1, 0.15) is 23.1 Å². The van der Waals surface area contributed by atoms with Crippen molar-refractivity contribution in [2.24, 2.45) is 0 Å². The molecule has 0 radical (unpaired) electrons. The van der Waals surface area contributed by atoms with E-state index in [1.54, 1.807) is 34.2 Å². The van der Waals surface area contributed by atoms with E-state index in [1.807, 2.05) is 18.2 Å². The fourth-order valence-corrected chi connectivity index (χ4v) is 5.01. The molecular weight excluding hydrogens is 484 g/mol. The fourth-order valence-electron chi connectivity index (χ4n) is 5.01. The molecule has 11 nitrogen and oxygen atoms in total. The van der Waals surface area contributed by atoms with Gasteiger partial charge >= 0.3 is 0 Å². The van der Waals surface area contributed by atoms with E-state index in [2.05, 4.69) is 15.2 Å². The first-order chi connectivity index (χ1) is 19.6. The summed E-state index contributed by atoms with van der Waals surface area (Å²) in [6.07, 6.45) is 4.28. The molecule has 5 rings (SSSR count). The number of hydrogen-bond acceptors (Lipinski definition) is 7. The van der Waals surface area contributed by atoms with E-state index in [9.17, 15) is 9.59 Å². The number of ether oxygens (including phenoxy) is 1. The highest BCUT2D eigenvalue weighted by Gasteiger charge is 2.44. The monoisotopic (exact) mass is 520 g/mol. The minimum atomic E-state index is -2.62. The molecule has 1 aromatic carbocycles. The molecule has 0 spiro atoms. The highest BCUT2D eigenvalue weighted by Crippen LogP contribution is 2.39. The van der Waals surface area contributed by atoms with Crippen molar-refractivity contribution in [2.75, 3.05) is 30.8 Å². The van der Waals surface area contributed by atoms with Crippen LogP contribution in [0, 0.1) is 0 Å². The third-order valence-electron chi connectivity index (χ3n) is 6.96. The molecular formula is C27H32N8O3. The van der Waals surface area contributed by atoms with Gasteiger partial charge in [-0.3, -0.25) is 14.3 Å². The number of nitrogen functional groups attached to an aromatic ring is 1. The van der Waals surface area contributed by atoms with Crippen LogP contribution in [0.2, 0.25) is 0 Å². The molecule has 4 aromatic rings. The van der Waals surface area contributed by atoms with Gasteiger partial charge in [0, 0.05) is 53.0 Å². The molecule has 3 aromatic heterocycles. The van der Waals surface area contributed by atoms with Crippen molar-refractivity contribution in [3.8, 4) is 28.1 Å². The maximum atomic E-state index is 13.6. The largest absolute Gasteiger partial charge is 0.495 e. The molecule has 1 atom stereocenters.